The zero-order chi connectivity index (χ0) is 21.8. The number of hydrazine groups is 1. The molecule has 0 radical (unpaired) electrons. The lowest BCUT2D eigenvalue weighted by atomic mass is 10.0. The maximum Gasteiger partial charge on any atom is 0.573 e. The molecule has 158 valence electrons. The van der Waals surface area contributed by atoms with Gasteiger partial charge in [0.05, 0.1) is 19.9 Å². The number of hydrogen-bond acceptors (Lipinski definition) is 6. The smallest absolute Gasteiger partial charge is 0.496 e. The van der Waals surface area contributed by atoms with Gasteiger partial charge in [0.1, 0.15) is 23.0 Å². The van der Waals surface area contributed by atoms with Gasteiger partial charge in [-0.05, 0) is 37.1 Å². The van der Waals surface area contributed by atoms with E-state index in [4.69, 9.17) is 20.7 Å². The van der Waals surface area contributed by atoms with Gasteiger partial charge in [-0.3, -0.25) is 10.4 Å². The molecule has 0 aliphatic rings. The Morgan fingerprint density at radius 3 is 2.45 bits per heavy atom. The van der Waals surface area contributed by atoms with Crippen LogP contribution in [0.25, 0.3) is 11.3 Å². The third-order valence-electron chi connectivity index (χ3n) is 4.05. The largest absolute Gasteiger partial charge is 0.573 e. The molecule has 0 fully saturated rings. The van der Waals surface area contributed by atoms with Crippen LogP contribution in [0.5, 0.6) is 17.4 Å². The van der Waals surface area contributed by atoms with Crippen molar-refractivity contribution in [3.05, 3.63) is 29.8 Å². The van der Waals surface area contributed by atoms with Crippen LogP contribution in [0, 0.1) is 12.3 Å². The van der Waals surface area contributed by atoms with Gasteiger partial charge in [0.2, 0.25) is 5.88 Å². The number of alkyl halides is 3. The zero-order valence-corrected chi connectivity index (χ0v) is 16.6. The summed E-state index contributed by atoms with van der Waals surface area (Å²) in [5.41, 5.74) is 1.97. The molecule has 1 aromatic heterocycles. The molecule has 1 aromatic carbocycles. The molecular formula is C19H23F3N4O3. The van der Waals surface area contributed by atoms with Crippen molar-refractivity contribution in [2.24, 2.45) is 5.84 Å². The predicted octanol–water partition coefficient (Wildman–Crippen LogP) is 4.43. The Morgan fingerprint density at radius 1 is 1.21 bits per heavy atom. The molecule has 0 bridgehead atoms. The van der Waals surface area contributed by atoms with E-state index < -0.39 is 12.1 Å². The highest BCUT2D eigenvalue weighted by Crippen LogP contribution is 2.38. The average Bonchev–Trinajstić information content (AvgIpc) is 2.66. The van der Waals surface area contributed by atoms with Crippen LogP contribution in [-0.4, -0.2) is 31.4 Å². The normalized spacial score (nSPS) is 11.2. The second kappa shape index (κ2) is 8.99. The Morgan fingerprint density at radius 2 is 1.90 bits per heavy atom. The summed E-state index contributed by atoms with van der Waals surface area (Å²) in [6.07, 6.45) is -3.57. The van der Waals surface area contributed by atoms with Crippen molar-refractivity contribution in [2.75, 3.05) is 19.2 Å². The lowest BCUT2D eigenvalue weighted by Gasteiger charge is -2.22. The van der Waals surface area contributed by atoms with E-state index in [-0.39, 0.29) is 17.5 Å². The molecule has 0 spiro atoms. The van der Waals surface area contributed by atoms with Gasteiger partial charge in [-0.25, -0.2) is 10.8 Å². The summed E-state index contributed by atoms with van der Waals surface area (Å²) in [6, 6.07) is 5.44. The van der Waals surface area contributed by atoms with Gasteiger partial charge < -0.3 is 14.2 Å². The SMILES string of the molecule is CCCC(=N)N(N)c1cc(C)c(-c2ccc(OC(F)(F)F)cc2OC)nc1OC. The monoisotopic (exact) mass is 412 g/mol. The van der Waals surface area contributed by atoms with Crippen molar-refractivity contribution in [1.82, 2.24) is 4.98 Å². The van der Waals surface area contributed by atoms with Gasteiger partial charge >= 0.3 is 6.36 Å². The van der Waals surface area contributed by atoms with E-state index in [1.54, 1.807) is 13.0 Å². The van der Waals surface area contributed by atoms with E-state index >= 15 is 0 Å². The molecule has 0 aliphatic carbocycles. The summed E-state index contributed by atoms with van der Waals surface area (Å²) in [7, 11) is 2.75. The van der Waals surface area contributed by atoms with Crippen molar-refractivity contribution < 1.29 is 27.4 Å². The van der Waals surface area contributed by atoms with E-state index in [1.807, 2.05) is 6.92 Å². The van der Waals surface area contributed by atoms with Gasteiger partial charge in [-0.2, -0.15) is 0 Å². The molecule has 3 N–H and O–H groups in total. The summed E-state index contributed by atoms with van der Waals surface area (Å²) in [5.74, 6) is 6.16. The van der Waals surface area contributed by atoms with Crippen LogP contribution in [0.1, 0.15) is 25.3 Å². The number of pyridine rings is 1. The van der Waals surface area contributed by atoms with Crippen LogP contribution < -0.4 is 25.1 Å². The maximum absolute atomic E-state index is 12.5. The average molecular weight is 412 g/mol. The fourth-order valence-corrected chi connectivity index (χ4v) is 2.74. The first-order chi connectivity index (χ1) is 13.6. The number of ether oxygens (including phenoxy) is 3. The first-order valence-electron chi connectivity index (χ1n) is 8.73. The molecule has 1 heterocycles. The van der Waals surface area contributed by atoms with Gasteiger partial charge in [0, 0.05) is 18.1 Å². The fourth-order valence-electron chi connectivity index (χ4n) is 2.74. The standard InChI is InChI=1S/C19H23F3N4O3/c1-5-6-16(23)26(24)14-9-11(2)17(25-18(14)28-4)13-8-7-12(10-15(13)27-3)29-19(20,21)22/h7-10,23H,5-6,24H2,1-4H3. The molecule has 0 unspecified atom stereocenters. The lowest BCUT2D eigenvalue weighted by Crippen LogP contribution is -2.37. The van der Waals surface area contributed by atoms with Crippen molar-refractivity contribution in [3.63, 3.8) is 0 Å². The van der Waals surface area contributed by atoms with Gasteiger partial charge in [0.15, 0.2) is 0 Å². The van der Waals surface area contributed by atoms with Gasteiger partial charge in [0.25, 0.3) is 0 Å². The number of aryl methyl sites for hydroxylation is 1. The number of anilines is 1. The summed E-state index contributed by atoms with van der Waals surface area (Å²) in [6.45, 7) is 3.70. The topological polar surface area (TPSA) is 93.7 Å². The van der Waals surface area contributed by atoms with Crippen molar-refractivity contribution in [3.8, 4) is 28.6 Å². The van der Waals surface area contributed by atoms with E-state index in [0.717, 1.165) is 12.5 Å². The number of hydrogen-bond donors (Lipinski definition) is 2. The second-order valence-corrected chi connectivity index (χ2v) is 6.16. The Kier molecular flexibility index (Phi) is 6.91. The maximum atomic E-state index is 12.5. The molecule has 0 amide bonds. The summed E-state index contributed by atoms with van der Waals surface area (Å²) < 4.78 is 51.9. The molecule has 2 aromatic rings. The molecule has 2 rings (SSSR count). The highest BCUT2D eigenvalue weighted by atomic mass is 19.4. The number of nitrogens with zero attached hydrogens (tertiary/aromatic N) is 2. The number of nitrogens with one attached hydrogen (secondary N) is 1. The van der Waals surface area contributed by atoms with Crippen LogP contribution in [-0.2, 0) is 0 Å². The van der Waals surface area contributed by atoms with Crippen molar-refractivity contribution in [1.29, 1.82) is 5.41 Å². The first kappa shape index (κ1) is 22.3. The molecule has 0 saturated heterocycles. The van der Waals surface area contributed by atoms with Crippen molar-refractivity contribution >= 4 is 11.5 Å². The lowest BCUT2D eigenvalue weighted by molar-refractivity contribution is -0.274. The first-order valence-corrected chi connectivity index (χ1v) is 8.73. The number of amidine groups is 1. The zero-order valence-electron chi connectivity index (χ0n) is 16.6. The van der Waals surface area contributed by atoms with Gasteiger partial charge in [-0.15, -0.1) is 13.2 Å². The highest BCUT2D eigenvalue weighted by Gasteiger charge is 2.31. The summed E-state index contributed by atoms with van der Waals surface area (Å²) in [5, 5.41) is 9.24. The molecule has 10 heteroatoms. The van der Waals surface area contributed by atoms with Crippen LogP contribution in [0.3, 0.4) is 0 Å². The molecule has 0 saturated carbocycles. The Labute approximate surface area is 166 Å². The highest BCUT2D eigenvalue weighted by molar-refractivity contribution is 5.95. The van der Waals surface area contributed by atoms with Crippen LogP contribution in [0.4, 0.5) is 18.9 Å². The third kappa shape index (κ3) is 5.29. The molecule has 0 aliphatic heterocycles. The second-order valence-electron chi connectivity index (χ2n) is 6.16. The van der Waals surface area contributed by atoms with Crippen molar-refractivity contribution in [2.45, 2.75) is 33.1 Å². The number of rotatable bonds is 7. The predicted molar refractivity (Wildman–Crippen MR) is 103 cm³/mol. The van der Waals surface area contributed by atoms with E-state index in [2.05, 4.69) is 9.72 Å². The summed E-state index contributed by atoms with van der Waals surface area (Å²) >= 11 is 0. The van der Waals surface area contributed by atoms with E-state index in [1.165, 1.54) is 31.4 Å². The summed E-state index contributed by atoms with van der Waals surface area (Å²) in [4.78, 5) is 4.45. The quantitative estimate of drug-likeness (QED) is 0.302. The van der Waals surface area contributed by atoms with Gasteiger partial charge in [-0.1, -0.05) is 6.92 Å². The van der Waals surface area contributed by atoms with Crippen LogP contribution >= 0.6 is 0 Å². The molecule has 29 heavy (non-hydrogen) atoms. The minimum Gasteiger partial charge on any atom is -0.496 e. The number of halogens is 3. The molecule has 0 atom stereocenters. The molecule has 7 nitrogen and oxygen atoms in total. The number of benzene rings is 1. The van der Waals surface area contributed by atoms with E-state index in [9.17, 15) is 13.2 Å². The fraction of sp³-hybridized carbons (Fsp3) is 0.368. The third-order valence-corrected chi connectivity index (χ3v) is 4.05. The van der Waals surface area contributed by atoms with Crippen LogP contribution in [0.15, 0.2) is 24.3 Å². The Balaban J connectivity index is 2.51. The minimum absolute atomic E-state index is 0.153. The minimum atomic E-state index is -4.81. The Hall–Kier alpha value is -3.01. The van der Waals surface area contributed by atoms with Crippen LogP contribution in [0.2, 0.25) is 0 Å². The number of aromatic nitrogens is 1. The number of methoxy groups -OCH3 is 2. The number of nitrogens with two attached hydrogens (primary N) is 1. The molecular weight excluding hydrogens is 389 g/mol. The van der Waals surface area contributed by atoms with E-state index in [0.29, 0.717) is 28.9 Å². The Bertz CT molecular complexity index is 888.